The van der Waals surface area contributed by atoms with Gasteiger partial charge in [0.15, 0.2) is 23.9 Å². The fraction of sp³-hybridized carbons (Fsp3) is 0.105. The summed E-state index contributed by atoms with van der Waals surface area (Å²) < 4.78 is 44.4. The van der Waals surface area contributed by atoms with Crippen LogP contribution < -0.4 is 13.9 Å². The molecule has 2 aromatic heterocycles. The van der Waals surface area contributed by atoms with E-state index in [1.54, 1.807) is 0 Å². The van der Waals surface area contributed by atoms with Crippen LogP contribution in [-0.4, -0.2) is 26.9 Å². The minimum atomic E-state index is -4.41. The molecule has 27 heavy (non-hydrogen) atoms. The topological polar surface area (TPSA) is 89.0 Å². The highest BCUT2D eigenvalue weighted by molar-refractivity contribution is 7.80. The highest BCUT2D eigenvalue weighted by Gasteiger charge is 2.21. The summed E-state index contributed by atoms with van der Waals surface area (Å²) in [6.45, 7) is 0.295. The molecule has 0 bridgehead atoms. The molecule has 0 unspecified atom stereocenters. The Kier molecular flexibility index (Phi) is 4.31. The average Bonchev–Trinajstić information content (AvgIpc) is 3.15. The maximum atomic E-state index is 9.22. The number of hydrogen-bond acceptors (Lipinski definition) is 6. The van der Waals surface area contributed by atoms with Crippen LogP contribution in [0.15, 0.2) is 60.9 Å². The summed E-state index contributed by atoms with van der Waals surface area (Å²) in [6.07, 6.45) is 4.24. The largest absolute Gasteiger partial charge is 0.726 e. The van der Waals surface area contributed by atoms with Gasteiger partial charge in [0.1, 0.15) is 5.39 Å². The van der Waals surface area contributed by atoms with Gasteiger partial charge in [-0.25, -0.2) is 8.42 Å². The third kappa shape index (κ3) is 3.37. The van der Waals surface area contributed by atoms with Crippen molar-refractivity contribution < 1.29 is 31.0 Å². The van der Waals surface area contributed by atoms with Crippen molar-refractivity contribution in [2.75, 3.05) is 13.9 Å². The summed E-state index contributed by atoms with van der Waals surface area (Å²) in [4.78, 5) is 0. The van der Waals surface area contributed by atoms with Crippen molar-refractivity contribution in [1.29, 1.82) is 0 Å². The van der Waals surface area contributed by atoms with Crippen LogP contribution >= 0.6 is 0 Å². The molecule has 0 N–H and O–H groups in total. The molecule has 2 aromatic carbocycles. The number of ether oxygens (including phenoxy) is 2. The van der Waals surface area contributed by atoms with E-state index < -0.39 is 10.4 Å². The van der Waals surface area contributed by atoms with E-state index in [4.69, 9.17) is 9.47 Å². The fourth-order valence-electron chi connectivity index (χ4n) is 3.08. The lowest BCUT2D eigenvalue weighted by atomic mass is 10.1. The van der Waals surface area contributed by atoms with Crippen molar-refractivity contribution in [3.8, 4) is 11.5 Å². The van der Waals surface area contributed by atoms with Gasteiger partial charge < -0.3 is 14.0 Å². The Morgan fingerprint density at radius 2 is 1.78 bits per heavy atom. The van der Waals surface area contributed by atoms with Gasteiger partial charge in [0.25, 0.3) is 0 Å². The van der Waals surface area contributed by atoms with Crippen molar-refractivity contribution >= 4 is 37.5 Å². The Hall–Kier alpha value is -2.94. The zero-order valence-corrected chi connectivity index (χ0v) is 15.1. The van der Waals surface area contributed by atoms with Crippen LogP contribution in [0.1, 0.15) is 0 Å². The second-order valence-corrected chi connectivity index (χ2v) is 7.00. The predicted molar refractivity (Wildman–Crippen MR) is 97.4 cm³/mol. The monoisotopic (exact) mass is 385 g/mol. The minimum absolute atomic E-state index is 0.295. The summed E-state index contributed by atoms with van der Waals surface area (Å²) in [5.74, 6) is 1.67. The number of rotatable bonds is 1. The molecule has 1 aliphatic heterocycles. The molecule has 0 amide bonds. The van der Waals surface area contributed by atoms with E-state index in [-0.39, 0.29) is 0 Å². The third-order valence-corrected chi connectivity index (χ3v) is 4.70. The van der Waals surface area contributed by atoms with Crippen LogP contribution in [0.4, 0.5) is 0 Å². The summed E-state index contributed by atoms with van der Waals surface area (Å²) in [7, 11) is -3.60. The molecule has 0 saturated carbocycles. The molecule has 4 aromatic rings. The number of nitrogens with zero attached hydrogens (tertiary/aromatic N) is 1. The van der Waals surface area contributed by atoms with Gasteiger partial charge in [-0.3, -0.25) is 4.18 Å². The smallest absolute Gasteiger partial charge is 0.231 e. The van der Waals surface area contributed by atoms with Crippen molar-refractivity contribution in [1.82, 2.24) is 0 Å². The first-order chi connectivity index (χ1) is 13.0. The van der Waals surface area contributed by atoms with Gasteiger partial charge in [-0.2, -0.15) is 4.40 Å². The van der Waals surface area contributed by atoms with Crippen LogP contribution in [0.3, 0.4) is 0 Å². The van der Waals surface area contributed by atoms with Gasteiger partial charge in [-0.1, -0.05) is 18.2 Å². The molecule has 7 nitrogen and oxygen atoms in total. The van der Waals surface area contributed by atoms with Crippen molar-refractivity contribution in [2.45, 2.75) is 0 Å². The second-order valence-electron chi connectivity index (χ2n) is 5.85. The maximum Gasteiger partial charge on any atom is 0.231 e. The Labute approximate surface area is 155 Å². The van der Waals surface area contributed by atoms with Gasteiger partial charge in [0, 0.05) is 17.5 Å². The molecule has 0 fully saturated rings. The first kappa shape index (κ1) is 17.5. The molecule has 3 heterocycles. The van der Waals surface area contributed by atoms with Crippen LogP contribution in [0.25, 0.3) is 27.1 Å². The lowest BCUT2D eigenvalue weighted by Gasteiger charge is -2.04. The Morgan fingerprint density at radius 1 is 1.04 bits per heavy atom. The van der Waals surface area contributed by atoms with Crippen LogP contribution in [-0.2, 0) is 14.6 Å². The Balaban J connectivity index is 0.000000264. The highest BCUT2D eigenvalue weighted by Crippen LogP contribution is 2.40. The average molecular weight is 385 g/mol. The SMILES string of the molecule is COS(=O)(=O)[O-].c1ccc2c[n+]3ccc4ccc5c(c4c3cc2c1)OCO5. The number of pyridine rings is 2. The lowest BCUT2D eigenvalue weighted by molar-refractivity contribution is -0.509. The molecule has 0 aliphatic carbocycles. The molecule has 5 rings (SSSR count). The molecule has 8 heteroatoms. The summed E-state index contributed by atoms with van der Waals surface area (Å²) in [5.41, 5.74) is 1.13. The zero-order valence-electron chi connectivity index (χ0n) is 14.3. The van der Waals surface area contributed by atoms with E-state index in [2.05, 4.69) is 63.4 Å². The summed E-state index contributed by atoms with van der Waals surface area (Å²) in [5, 5.41) is 4.72. The summed E-state index contributed by atoms with van der Waals surface area (Å²) in [6, 6.07) is 16.8. The third-order valence-electron chi connectivity index (χ3n) is 4.29. The van der Waals surface area contributed by atoms with Gasteiger partial charge in [0.2, 0.25) is 22.7 Å². The van der Waals surface area contributed by atoms with Gasteiger partial charge in [-0.15, -0.1) is 0 Å². The quantitative estimate of drug-likeness (QED) is 0.164. The first-order valence-corrected chi connectivity index (χ1v) is 9.36. The lowest BCUT2D eigenvalue weighted by Crippen LogP contribution is -2.20. The van der Waals surface area contributed by atoms with Gasteiger partial charge >= 0.3 is 0 Å². The van der Waals surface area contributed by atoms with Gasteiger partial charge in [0.05, 0.1) is 7.11 Å². The Morgan fingerprint density at radius 3 is 2.52 bits per heavy atom. The van der Waals surface area contributed by atoms with E-state index >= 15 is 0 Å². The van der Waals surface area contributed by atoms with Gasteiger partial charge in [-0.05, 0) is 29.0 Å². The van der Waals surface area contributed by atoms with E-state index in [1.807, 2.05) is 6.07 Å². The van der Waals surface area contributed by atoms with E-state index in [1.165, 1.54) is 10.8 Å². The van der Waals surface area contributed by atoms with E-state index in [0.717, 1.165) is 34.9 Å². The first-order valence-electron chi connectivity index (χ1n) is 8.03. The van der Waals surface area contributed by atoms with Crippen LogP contribution in [0.2, 0.25) is 0 Å². The van der Waals surface area contributed by atoms with E-state index in [9.17, 15) is 13.0 Å². The molecule has 0 radical (unpaired) electrons. The molecule has 138 valence electrons. The fourth-order valence-corrected chi connectivity index (χ4v) is 3.08. The molecule has 0 spiro atoms. The number of aromatic nitrogens is 1. The highest BCUT2D eigenvalue weighted by atomic mass is 32.3. The molecular formula is C19H15NO6S. The van der Waals surface area contributed by atoms with Crippen molar-refractivity contribution in [3.05, 3.63) is 60.9 Å². The standard InChI is InChI=1S/C18H12NO2.CH4O4S/c1-2-4-14-10-19-8-7-12-5-6-16-18(21-11-20-16)17(12)15(19)9-13(14)3-1;1-5-6(2,3)4/h1-10H,11H2;1H3,(H,2,3,4)/q+1;/p-1. The number of hydrogen-bond donors (Lipinski definition) is 0. The van der Waals surface area contributed by atoms with E-state index in [0.29, 0.717) is 6.79 Å². The minimum Gasteiger partial charge on any atom is -0.726 e. The van der Waals surface area contributed by atoms with Crippen molar-refractivity contribution in [3.63, 3.8) is 0 Å². The normalized spacial score (nSPS) is 13.0. The maximum absolute atomic E-state index is 9.22. The number of fused-ring (bicyclic) bond motifs is 6. The number of benzene rings is 2. The zero-order chi connectivity index (χ0) is 19.0. The Bertz CT molecular complexity index is 1270. The van der Waals surface area contributed by atoms with Crippen molar-refractivity contribution in [2.24, 2.45) is 0 Å². The predicted octanol–water partition coefficient (Wildman–Crippen LogP) is 2.55. The molecule has 0 saturated heterocycles. The van der Waals surface area contributed by atoms with Crippen LogP contribution in [0.5, 0.6) is 11.5 Å². The summed E-state index contributed by atoms with van der Waals surface area (Å²) >= 11 is 0. The van der Waals surface area contributed by atoms with Crippen LogP contribution in [0, 0.1) is 0 Å². The molecule has 0 atom stereocenters. The molecular weight excluding hydrogens is 370 g/mol. The molecule has 1 aliphatic rings. The second kappa shape index (κ2) is 6.66.